The molecule has 0 N–H and O–H groups in total. The van der Waals surface area contributed by atoms with E-state index in [2.05, 4.69) is 15.1 Å². The average molecular weight is 382 g/mol. The molecule has 0 bridgehead atoms. The van der Waals surface area contributed by atoms with Crippen LogP contribution in [0.1, 0.15) is 16.1 Å². The van der Waals surface area contributed by atoms with E-state index in [-0.39, 0.29) is 17.6 Å². The summed E-state index contributed by atoms with van der Waals surface area (Å²) in [6.45, 7) is 1.81. The summed E-state index contributed by atoms with van der Waals surface area (Å²) < 4.78 is 15.9. The minimum atomic E-state index is -1.86. The fourth-order valence-electron chi connectivity index (χ4n) is 3.28. The standard InChI is InChI=1S/C19H19FN6O2/c1-24-14(7-8-21-24)18(28)25-9-11-26(12-10-25)19-22-16(15(20)17(27)23-19)13-5-3-2-4-6-13/h2-8,15H,9-12H2,1H3. The Balaban J connectivity index is 1.49. The van der Waals surface area contributed by atoms with Gasteiger partial charge < -0.3 is 9.80 Å². The highest BCUT2D eigenvalue weighted by Gasteiger charge is 2.33. The first-order chi connectivity index (χ1) is 13.5. The van der Waals surface area contributed by atoms with Gasteiger partial charge in [-0.15, -0.1) is 0 Å². The molecule has 28 heavy (non-hydrogen) atoms. The third-order valence-electron chi connectivity index (χ3n) is 4.85. The number of carbonyl (C=O) groups is 2. The molecule has 1 aromatic carbocycles. The molecule has 3 heterocycles. The van der Waals surface area contributed by atoms with E-state index < -0.39 is 12.1 Å². The molecule has 1 aromatic heterocycles. The van der Waals surface area contributed by atoms with Gasteiger partial charge in [-0.25, -0.2) is 9.38 Å². The molecule has 8 nitrogen and oxygen atoms in total. The van der Waals surface area contributed by atoms with Crippen LogP contribution in [-0.2, 0) is 11.8 Å². The Bertz CT molecular complexity index is 960. The second-order valence-electron chi connectivity index (χ2n) is 6.59. The Morgan fingerprint density at radius 2 is 1.79 bits per heavy atom. The zero-order valence-electron chi connectivity index (χ0n) is 15.3. The SMILES string of the molecule is Cn1nccc1C(=O)N1CCN(C2=NC(=O)C(F)C(c3ccccc3)=N2)CC1. The molecule has 9 heteroatoms. The number of hydrogen-bond acceptors (Lipinski definition) is 5. The van der Waals surface area contributed by atoms with Crippen molar-refractivity contribution in [1.82, 2.24) is 19.6 Å². The van der Waals surface area contributed by atoms with E-state index in [1.807, 2.05) is 6.07 Å². The molecule has 0 spiro atoms. The van der Waals surface area contributed by atoms with Crippen molar-refractivity contribution in [3.05, 3.63) is 53.9 Å². The maximum absolute atomic E-state index is 14.4. The summed E-state index contributed by atoms with van der Waals surface area (Å²) >= 11 is 0. The summed E-state index contributed by atoms with van der Waals surface area (Å²) in [4.78, 5) is 36.3. The number of piperazine rings is 1. The van der Waals surface area contributed by atoms with Gasteiger partial charge >= 0.3 is 0 Å². The van der Waals surface area contributed by atoms with Crippen LogP contribution in [0.25, 0.3) is 0 Å². The maximum atomic E-state index is 14.4. The highest BCUT2D eigenvalue weighted by Crippen LogP contribution is 2.17. The molecule has 0 aliphatic carbocycles. The van der Waals surface area contributed by atoms with Crippen LogP contribution < -0.4 is 0 Å². The van der Waals surface area contributed by atoms with Crippen LogP contribution >= 0.6 is 0 Å². The van der Waals surface area contributed by atoms with E-state index >= 15 is 0 Å². The zero-order valence-corrected chi connectivity index (χ0v) is 15.3. The Hall–Kier alpha value is -3.36. The maximum Gasteiger partial charge on any atom is 0.289 e. The van der Waals surface area contributed by atoms with Crippen molar-refractivity contribution in [2.24, 2.45) is 17.0 Å². The van der Waals surface area contributed by atoms with Crippen LogP contribution in [0.3, 0.4) is 0 Å². The van der Waals surface area contributed by atoms with Crippen molar-refractivity contribution in [3.63, 3.8) is 0 Å². The molecule has 0 radical (unpaired) electrons. The molecule has 1 fully saturated rings. The van der Waals surface area contributed by atoms with Gasteiger partial charge in [-0.1, -0.05) is 30.3 Å². The van der Waals surface area contributed by atoms with Gasteiger partial charge in [0.25, 0.3) is 11.8 Å². The van der Waals surface area contributed by atoms with Crippen molar-refractivity contribution in [3.8, 4) is 0 Å². The highest BCUT2D eigenvalue weighted by atomic mass is 19.1. The molecule has 1 saturated heterocycles. The summed E-state index contributed by atoms with van der Waals surface area (Å²) in [7, 11) is 1.72. The number of guanidine groups is 1. The Kier molecular flexibility index (Phi) is 4.72. The largest absolute Gasteiger partial charge is 0.337 e. The van der Waals surface area contributed by atoms with Crippen LogP contribution in [0.4, 0.5) is 4.39 Å². The molecule has 1 unspecified atom stereocenters. The Morgan fingerprint density at radius 3 is 2.43 bits per heavy atom. The van der Waals surface area contributed by atoms with E-state index in [4.69, 9.17) is 0 Å². The van der Waals surface area contributed by atoms with Crippen LogP contribution in [0, 0.1) is 0 Å². The number of aromatic nitrogens is 2. The van der Waals surface area contributed by atoms with Gasteiger partial charge in [-0.05, 0) is 11.6 Å². The lowest BCUT2D eigenvalue weighted by Crippen LogP contribution is -2.51. The van der Waals surface area contributed by atoms with E-state index in [1.165, 1.54) is 4.68 Å². The third-order valence-corrected chi connectivity index (χ3v) is 4.85. The third kappa shape index (κ3) is 3.30. The Morgan fingerprint density at radius 1 is 1.07 bits per heavy atom. The number of nitrogens with zero attached hydrogens (tertiary/aromatic N) is 6. The van der Waals surface area contributed by atoms with Gasteiger partial charge in [0.05, 0.1) is 5.71 Å². The fourth-order valence-corrected chi connectivity index (χ4v) is 3.28. The summed E-state index contributed by atoms with van der Waals surface area (Å²) in [6.07, 6.45) is -0.280. The molecular weight excluding hydrogens is 363 g/mol. The van der Waals surface area contributed by atoms with Crippen LogP contribution in [0.15, 0.2) is 52.6 Å². The lowest BCUT2D eigenvalue weighted by atomic mass is 10.0. The average Bonchev–Trinajstić information content (AvgIpc) is 3.16. The molecular formula is C19H19FN6O2. The zero-order chi connectivity index (χ0) is 19.7. The minimum absolute atomic E-state index is 0.0731. The summed E-state index contributed by atoms with van der Waals surface area (Å²) in [5.41, 5.74) is 1.15. The van der Waals surface area contributed by atoms with Crippen LogP contribution in [0.2, 0.25) is 0 Å². The molecule has 1 atom stereocenters. The number of halogens is 1. The molecule has 0 saturated carbocycles. The molecule has 144 valence electrons. The molecule has 2 aliphatic rings. The second-order valence-corrected chi connectivity index (χ2v) is 6.59. The number of rotatable bonds is 2. The van der Waals surface area contributed by atoms with E-state index in [9.17, 15) is 14.0 Å². The van der Waals surface area contributed by atoms with Crippen LogP contribution in [0.5, 0.6) is 0 Å². The predicted octanol–water partition coefficient (Wildman–Crippen LogP) is 0.902. The number of aryl methyl sites for hydroxylation is 1. The van der Waals surface area contributed by atoms with Gasteiger partial charge in [-0.3, -0.25) is 14.3 Å². The minimum Gasteiger partial charge on any atom is -0.337 e. The van der Waals surface area contributed by atoms with Crippen molar-refractivity contribution in [2.45, 2.75) is 6.17 Å². The first-order valence-electron chi connectivity index (χ1n) is 8.97. The van der Waals surface area contributed by atoms with Gasteiger partial charge in [0.15, 0.2) is 0 Å². The van der Waals surface area contributed by atoms with Crippen molar-refractivity contribution in [2.75, 3.05) is 26.2 Å². The van der Waals surface area contributed by atoms with Crippen molar-refractivity contribution >= 4 is 23.5 Å². The Labute approximate surface area is 161 Å². The monoisotopic (exact) mass is 382 g/mol. The summed E-state index contributed by atoms with van der Waals surface area (Å²) in [5, 5.41) is 4.02. The quantitative estimate of drug-likeness (QED) is 0.773. The smallest absolute Gasteiger partial charge is 0.289 e. The van der Waals surface area contributed by atoms with Crippen molar-refractivity contribution < 1.29 is 14.0 Å². The molecule has 4 rings (SSSR count). The number of benzene rings is 1. The molecule has 2 aliphatic heterocycles. The van der Waals surface area contributed by atoms with E-state index in [0.717, 1.165) is 0 Å². The first-order valence-corrected chi connectivity index (χ1v) is 8.97. The number of hydrogen-bond donors (Lipinski definition) is 0. The highest BCUT2D eigenvalue weighted by molar-refractivity contribution is 6.23. The van der Waals surface area contributed by atoms with Gasteiger partial charge in [0.1, 0.15) is 5.69 Å². The second kappa shape index (κ2) is 7.34. The van der Waals surface area contributed by atoms with Gasteiger partial charge in [0.2, 0.25) is 12.1 Å². The summed E-state index contributed by atoms with van der Waals surface area (Å²) in [6, 6.07) is 10.5. The number of carbonyl (C=O) groups excluding carboxylic acids is 2. The number of amides is 2. The molecule has 2 amide bonds. The summed E-state index contributed by atoms with van der Waals surface area (Å²) in [5.74, 6) is -0.749. The topological polar surface area (TPSA) is 83.2 Å². The molecule has 2 aromatic rings. The predicted molar refractivity (Wildman–Crippen MR) is 101 cm³/mol. The van der Waals surface area contributed by atoms with Gasteiger partial charge in [0, 0.05) is 39.4 Å². The lowest BCUT2D eigenvalue weighted by molar-refractivity contribution is -0.120. The number of aliphatic imine (C=N–C) groups is 2. The van der Waals surface area contributed by atoms with Crippen LogP contribution in [-0.4, -0.2) is 75.4 Å². The van der Waals surface area contributed by atoms with Crippen molar-refractivity contribution in [1.29, 1.82) is 0 Å². The lowest BCUT2D eigenvalue weighted by Gasteiger charge is -2.35. The van der Waals surface area contributed by atoms with E-state index in [0.29, 0.717) is 37.4 Å². The normalized spacial score (nSPS) is 20.1. The number of alkyl halides is 1. The van der Waals surface area contributed by atoms with E-state index in [1.54, 1.807) is 53.4 Å². The first kappa shape index (κ1) is 18.0. The fraction of sp³-hybridized carbons (Fsp3) is 0.316. The van der Waals surface area contributed by atoms with Gasteiger partial charge in [-0.2, -0.15) is 10.1 Å².